The van der Waals surface area contributed by atoms with Crippen molar-refractivity contribution >= 4 is 7.60 Å². The van der Waals surface area contributed by atoms with Crippen molar-refractivity contribution in [3.8, 4) is 0 Å². The first-order valence-corrected chi connectivity index (χ1v) is 7.13. The third-order valence-corrected chi connectivity index (χ3v) is 5.01. The van der Waals surface area contributed by atoms with Crippen LogP contribution in [0.5, 0.6) is 0 Å². The maximum Gasteiger partial charge on any atom is 0.330 e. The van der Waals surface area contributed by atoms with Gasteiger partial charge in [0.25, 0.3) is 0 Å². The van der Waals surface area contributed by atoms with E-state index in [4.69, 9.17) is 9.05 Å². The molecule has 0 aromatic heterocycles. The molecule has 0 atom stereocenters. The van der Waals surface area contributed by atoms with Gasteiger partial charge in [-0.05, 0) is 12.3 Å². The Kier molecular flexibility index (Phi) is 5.14. The molecular weight excluding hydrogens is 199 g/mol. The molecule has 84 valence electrons. The standard InChI is InChI=1S/C10H21O3P/c1-12-14(11,13-2)9-8-10-6-4-3-5-7-10/h10H,3-9H2,1-2H3. The summed E-state index contributed by atoms with van der Waals surface area (Å²) in [6, 6.07) is 0. The Morgan fingerprint density at radius 3 is 2.21 bits per heavy atom. The number of hydrogen-bond donors (Lipinski definition) is 0. The summed E-state index contributed by atoms with van der Waals surface area (Å²) in [4.78, 5) is 0. The third-order valence-electron chi connectivity index (χ3n) is 3.09. The smallest absolute Gasteiger partial charge is 0.312 e. The lowest BCUT2D eigenvalue weighted by atomic mass is 9.88. The van der Waals surface area contributed by atoms with Crippen molar-refractivity contribution in [3.63, 3.8) is 0 Å². The molecule has 0 radical (unpaired) electrons. The molecule has 0 amide bonds. The van der Waals surface area contributed by atoms with Gasteiger partial charge in [-0.25, -0.2) is 0 Å². The summed E-state index contributed by atoms with van der Waals surface area (Å²) < 4.78 is 21.6. The van der Waals surface area contributed by atoms with E-state index in [0.29, 0.717) is 6.16 Å². The lowest BCUT2D eigenvalue weighted by Crippen LogP contribution is -2.09. The van der Waals surface area contributed by atoms with E-state index in [1.807, 2.05) is 0 Å². The lowest BCUT2D eigenvalue weighted by molar-refractivity contribution is 0.268. The van der Waals surface area contributed by atoms with Crippen LogP contribution < -0.4 is 0 Å². The minimum absolute atomic E-state index is 0.574. The van der Waals surface area contributed by atoms with E-state index in [2.05, 4.69) is 0 Å². The normalized spacial score (nSPS) is 19.9. The molecule has 1 aliphatic rings. The van der Waals surface area contributed by atoms with Crippen LogP contribution in [0.4, 0.5) is 0 Å². The molecule has 1 rings (SSSR count). The van der Waals surface area contributed by atoms with Crippen LogP contribution in [0.2, 0.25) is 0 Å². The van der Waals surface area contributed by atoms with Gasteiger partial charge in [0.15, 0.2) is 0 Å². The maximum absolute atomic E-state index is 11.7. The van der Waals surface area contributed by atoms with Gasteiger partial charge in [0, 0.05) is 14.2 Å². The van der Waals surface area contributed by atoms with Crippen LogP contribution in [0, 0.1) is 5.92 Å². The quantitative estimate of drug-likeness (QED) is 0.666. The van der Waals surface area contributed by atoms with Crippen molar-refractivity contribution in [2.24, 2.45) is 5.92 Å². The fourth-order valence-corrected chi connectivity index (χ4v) is 3.27. The van der Waals surface area contributed by atoms with Crippen molar-refractivity contribution in [2.45, 2.75) is 38.5 Å². The third kappa shape index (κ3) is 3.72. The highest BCUT2D eigenvalue weighted by Gasteiger charge is 2.23. The molecule has 0 N–H and O–H groups in total. The Morgan fingerprint density at radius 2 is 1.71 bits per heavy atom. The molecule has 0 aromatic carbocycles. The Labute approximate surface area is 86.7 Å². The summed E-state index contributed by atoms with van der Waals surface area (Å²) in [7, 11) is 0.179. The van der Waals surface area contributed by atoms with E-state index in [1.165, 1.54) is 46.3 Å². The monoisotopic (exact) mass is 220 g/mol. The molecular formula is C10H21O3P. The van der Waals surface area contributed by atoms with Gasteiger partial charge in [0.1, 0.15) is 0 Å². The van der Waals surface area contributed by atoms with Crippen LogP contribution in [0.25, 0.3) is 0 Å². The van der Waals surface area contributed by atoms with E-state index >= 15 is 0 Å². The van der Waals surface area contributed by atoms with Crippen LogP contribution >= 0.6 is 7.60 Å². The molecule has 14 heavy (non-hydrogen) atoms. The largest absolute Gasteiger partial charge is 0.330 e. The van der Waals surface area contributed by atoms with Gasteiger partial charge in [-0.1, -0.05) is 32.1 Å². The first-order valence-electron chi connectivity index (χ1n) is 5.41. The van der Waals surface area contributed by atoms with Crippen molar-refractivity contribution < 1.29 is 13.6 Å². The van der Waals surface area contributed by atoms with Gasteiger partial charge >= 0.3 is 7.60 Å². The molecule has 0 unspecified atom stereocenters. The summed E-state index contributed by atoms with van der Waals surface area (Å²) in [6.45, 7) is 0. The highest BCUT2D eigenvalue weighted by atomic mass is 31.2. The first kappa shape index (κ1) is 12.2. The summed E-state index contributed by atoms with van der Waals surface area (Å²) in [5.41, 5.74) is 0. The second-order valence-electron chi connectivity index (χ2n) is 3.99. The van der Waals surface area contributed by atoms with E-state index in [0.717, 1.165) is 12.3 Å². The molecule has 1 saturated carbocycles. The summed E-state index contributed by atoms with van der Waals surface area (Å²) in [6.07, 6.45) is 8.15. The molecule has 0 aliphatic heterocycles. The maximum atomic E-state index is 11.7. The number of rotatable bonds is 5. The fourth-order valence-electron chi connectivity index (χ4n) is 2.07. The van der Waals surface area contributed by atoms with Gasteiger partial charge in [-0.2, -0.15) is 0 Å². The molecule has 0 saturated heterocycles. The average Bonchev–Trinajstić information content (AvgIpc) is 2.27. The van der Waals surface area contributed by atoms with E-state index < -0.39 is 7.60 Å². The Morgan fingerprint density at radius 1 is 1.14 bits per heavy atom. The lowest BCUT2D eigenvalue weighted by Gasteiger charge is -2.22. The van der Waals surface area contributed by atoms with Gasteiger partial charge in [-0.3, -0.25) is 4.57 Å². The highest BCUT2D eigenvalue weighted by Crippen LogP contribution is 2.48. The molecule has 1 fully saturated rings. The predicted molar refractivity (Wildman–Crippen MR) is 57.7 cm³/mol. The second-order valence-corrected chi connectivity index (χ2v) is 6.39. The Bertz CT molecular complexity index is 192. The Balaban J connectivity index is 2.27. The van der Waals surface area contributed by atoms with Gasteiger partial charge < -0.3 is 9.05 Å². The number of hydrogen-bond acceptors (Lipinski definition) is 3. The fraction of sp³-hybridized carbons (Fsp3) is 1.00. The van der Waals surface area contributed by atoms with Crippen molar-refractivity contribution in [2.75, 3.05) is 20.4 Å². The molecule has 3 nitrogen and oxygen atoms in total. The van der Waals surface area contributed by atoms with Crippen molar-refractivity contribution in [1.82, 2.24) is 0 Å². The van der Waals surface area contributed by atoms with Gasteiger partial charge in [0.2, 0.25) is 0 Å². The molecule has 0 heterocycles. The van der Waals surface area contributed by atoms with E-state index in [9.17, 15) is 4.57 Å². The van der Waals surface area contributed by atoms with Crippen molar-refractivity contribution in [1.29, 1.82) is 0 Å². The highest BCUT2D eigenvalue weighted by molar-refractivity contribution is 7.53. The zero-order valence-electron chi connectivity index (χ0n) is 9.20. The summed E-state index contributed by atoms with van der Waals surface area (Å²) in [5, 5.41) is 0. The average molecular weight is 220 g/mol. The zero-order valence-corrected chi connectivity index (χ0v) is 10.1. The molecule has 0 aromatic rings. The van der Waals surface area contributed by atoms with Crippen molar-refractivity contribution in [3.05, 3.63) is 0 Å². The Hall–Kier alpha value is 0.150. The summed E-state index contributed by atoms with van der Waals surface area (Å²) >= 11 is 0. The molecule has 4 heteroatoms. The topological polar surface area (TPSA) is 35.5 Å². The van der Waals surface area contributed by atoms with Gasteiger partial charge in [0.05, 0.1) is 6.16 Å². The minimum Gasteiger partial charge on any atom is -0.312 e. The first-order chi connectivity index (χ1) is 6.70. The van der Waals surface area contributed by atoms with E-state index in [1.54, 1.807) is 0 Å². The second kappa shape index (κ2) is 5.89. The minimum atomic E-state index is -2.75. The predicted octanol–water partition coefficient (Wildman–Crippen LogP) is 3.44. The zero-order chi connectivity index (χ0) is 10.4. The molecule has 0 spiro atoms. The van der Waals surface area contributed by atoms with Crippen LogP contribution in [0.1, 0.15) is 38.5 Å². The van der Waals surface area contributed by atoms with Crippen LogP contribution in [0.15, 0.2) is 0 Å². The van der Waals surface area contributed by atoms with E-state index in [-0.39, 0.29) is 0 Å². The molecule has 1 aliphatic carbocycles. The van der Waals surface area contributed by atoms with Crippen LogP contribution in [-0.2, 0) is 13.6 Å². The molecule has 0 bridgehead atoms. The van der Waals surface area contributed by atoms with Crippen LogP contribution in [-0.4, -0.2) is 20.4 Å². The van der Waals surface area contributed by atoms with Crippen LogP contribution in [0.3, 0.4) is 0 Å². The summed E-state index contributed by atoms with van der Waals surface area (Å²) in [5.74, 6) is 0.738. The van der Waals surface area contributed by atoms with Gasteiger partial charge in [-0.15, -0.1) is 0 Å². The SMILES string of the molecule is COP(=O)(CCC1CCCCC1)OC.